The lowest BCUT2D eigenvalue weighted by Gasteiger charge is -2.26. The summed E-state index contributed by atoms with van der Waals surface area (Å²) in [5.41, 5.74) is 3.25. The molecule has 3 aromatic rings. The van der Waals surface area contributed by atoms with Gasteiger partial charge in [0.15, 0.2) is 5.96 Å². The summed E-state index contributed by atoms with van der Waals surface area (Å²) >= 11 is 0. The van der Waals surface area contributed by atoms with Gasteiger partial charge in [0, 0.05) is 43.2 Å². The van der Waals surface area contributed by atoms with E-state index in [1.54, 1.807) is 7.05 Å². The molecule has 1 unspecified atom stereocenters. The fraction of sp³-hybridized carbons (Fsp3) is 0.318. The van der Waals surface area contributed by atoms with Gasteiger partial charge < -0.3 is 20.4 Å². The van der Waals surface area contributed by atoms with Crippen LogP contribution in [-0.4, -0.2) is 37.7 Å². The number of aliphatic imine (C=N–C) groups is 1. The molecule has 2 heterocycles. The Morgan fingerprint density at radius 2 is 2.10 bits per heavy atom. The number of hydrogen-bond donors (Lipinski definition) is 3. The SMILES string of the molecule is CN=C(NCCc1c[nH]c2cc(F)ccc12)NCC1CCOc2ccccc21.I. The summed E-state index contributed by atoms with van der Waals surface area (Å²) < 4.78 is 19.1. The van der Waals surface area contributed by atoms with Crippen LogP contribution in [0.5, 0.6) is 5.75 Å². The maximum atomic E-state index is 13.3. The van der Waals surface area contributed by atoms with Gasteiger partial charge in [0.1, 0.15) is 11.6 Å². The van der Waals surface area contributed by atoms with Gasteiger partial charge in [0.25, 0.3) is 0 Å². The zero-order valence-electron chi connectivity index (χ0n) is 16.4. The summed E-state index contributed by atoms with van der Waals surface area (Å²) in [5.74, 6) is 1.96. The number of nitrogens with one attached hydrogen (secondary N) is 3. The Bertz CT molecular complexity index is 988. The molecule has 2 aromatic carbocycles. The number of para-hydroxylation sites is 1. The van der Waals surface area contributed by atoms with Crippen LogP contribution in [0.3, 0.4) is 0 Å². The average molecular weight is 508 g/mol. The molecule has 3 N–H and O–H groups in total. The number of H-pyrrole nitrogens is 1. The van der Waals surface area contributed by atoms with E-state index in [1.807, 2.05) is 24.4 Å². The lowest BCUT2D eigenvalue weighted by Crippen LogP contribution is -2.40. The number of hydrogen-bond acceptors (Lipinski definition) is 2. The summed E-state index contributed by atoms with van der Waals surface area (Å²) in [6.45, 7) is 2.30. The molecule has 0 saturated heterocycles. The molecular weight excluding hydrogens is 482 g/mol. The smallest absolute Gasteiger partial charge is 0.191 e. The second-order valence-corrected chi connectivity index (χ2v) is 7.01. The Morgan fingerprint density at radius 1 is 1.24 bits per heavy atom. The van der Waals surface area contributed by atoms with Crippen LogP contribution in [0, 0.1) is 5.82 Å². The van der Waals surface area contributed by atoms with Crippen molar-refractivity contribution in [3.8, 4) is 5.75 Å². The fourth-order valence-corrected chi connectivity index (χ4v) is 3.75. The summed E-state index contributed by atoms with van der Waals surface area (Å²) in [6.07, 6.45) is 3.76. The Balaban J connectivity index is 0.00000240. The van der Waals surface area contributed by atoms with Crippen LogP contribution < -0.4 is 15.4 Å². The van der Waals surface area contributed by atoms with Crippen LogP contribution in [0.2, 0.25) is 0 Å². The first-order valence-electron chi connectivity index (χ1n) is 9.66. The monoisotopic (exact) mass is 508 g/mol. The molecule has 0 saturated carbocycles. The second kappa shape index (κ2) is 9.96. The molecule has 1 aliphatic heterocycles. The minimum Gasteiger partial charge on any atom is -0.493 e. The highest BCUT2D eigenvalue weighted by Crippen LogP contribution is 2.32. The minimum atomic E-state index is -0.224. The van der Waals surface area contributed by atoms with Gasteiger partial charge >= 0.3 is 0 Å². The molecule has 1 atom stereocenters. The lowest BCUT2D eigenvalue weighted by molar-refractivity contribution is 0.267. The molecule has 5 nitrogen and oxygen atoms in total. The molecule has 154 valence electrons. The quantitative estimate of drug-likeness (QED) is 0.275. The number of aromatic nitrogens is 1. The van der Waals surface area contributed by atoms with Crippen LogP contribution >= 0.6 is 24.0 Å². The van der Waals surface area contributed by atoms with Crippen LogP contribution in [-0.2, 0) is 6.42 Å². The summed E-state index contributed by atoms with van der Waals surface area (Å²) in [6, 6.07) is 13.1. The summed E-state index contributed by atoms with van der Waals surface area (Å²) in [7, 11) is 1.78. The zero-order valence-corrected chi connectivity index (χ0v) is 18.7. The number of fused-ring (bicyclic) bond motifs is 2. The van der Waals surface area contributed by atoms with Crippen molar-refractivity contribution in [3.05, 3.63) is 65.6 Å². The highest BCUT2D eigenvalue weighted by molar-refractivity contribution is 14.0. The Morgan fingerprint density at radius 3 is 2.97 bits per heavy atom. The van der Waals surface area contributed by atoms with Crippen molar-refractivity contribution in [2.24, 2.45) is 4.99 Å². The van der Waals surface area contributed by atoms with Gasteiger partial charge in [-0.25, -0.2) is 4.39 Å². The van der Waals surface area contributed by atoms with E-state index in [-0.39, 0.29) is 29.8 Å². The lowest BCUT2D eigenvalue weighted by atomic mass is 9.93. The highest BCUT2D eigenvalue weighted by atomic mass is 127. The van der Waals surface area contributed by atoms with Crippen molar-refractivity contribution in [3.63, 3.8) is 0 Å². The normalized spacial score (nSPS) is 15.9. The first-order valence-corrected chi connectivity index (χ1v) is 9.66. The first kappa shape index (κ1) is 21.4. The third kappa shape index (κ3) is 5.01. The molecule has 1 aliphatic rings. The van der Waals surface area contributed by atoms with E-state index in [0.717, 1.165) is 60.7 Å². The number of rotatable bonds is 5. The Labute approximate surface area is 187 Å². The third-order valence-corrected chi connectivity index (χ3v) is 5.24. The average Bonchev–Trinajstić information content (AvgIpc) is 3.12. The van der Waals surface area contributed by atoms with Crippen LogP contribution in [0.25, 0.3) is 10.9 Å². The van der Waals surface area contributed by atoms with Crippen LogP contribution in [0.1, 0.15) is 23.5 Å². The van der Waals surface area contributed by atoms with Gasteiger partial charge in [-0.3, -0.25) is 4.99 Å². The van der Waals surface area contributed by atoms with E-state index in [0.29, 0.717) is 5.92 Å². The predicted octanol–water partition coefficient (Wildman–Crippen LogP) is 4.20. The molecule has 0 fully saturated rings. The standard InChI is InChI=1S/C22H25FN4O.HI/c1-24-22(27-14-16-9-11-28-21-5-3-2-4-19(16)21)25-10-8-15-13-26-20-12-17(23)6-7-18(15)20;/h2-7,12-13,16,26H,8-11,14H2,1H3,(H2,24,25,27);1H. The topological polar surface area (TPSA) is 61.4 Å². The molecule has 7 heteroatoms. The van der Waals surface area contributed by atoms with Gasteiger partial charge in [-0.15, -0.1) is 24.0 Å². The molecule has 4 rings (SSSR count). The van der Waals surface area contributed by atoms with Crippen molar-refractivity contribution in [2.75, 3.05) is 26.7 Å². The number of ether oxygens (including phenoxy) is 1. The van der Waals surface area contributed by atoms with Crippen molar-refractivity contribution in [2.45, 2.75) is 18.8 Å². The summed E-state index contributed by atoms with van der Waals surface area (Å²) in [5, 5.41) is 7.86. The van der Waals surface area contributed by atoms with Gasteiger partial charge in [-0.2, -0.15) is 0 Å². The number of guanidine groups is 1. The van der Waals surface area contributed by atoms with E-state index in [1.165, 1.54) is 17.7 Å². The number of benzene rings is 2. The zero-order chi connectivity index (χ0) is 19.3. The molecule has 0 bridgehead atoms. The molecule has 0 aliphatic carbocycles. The summed E-state index contributed by atoms with van der Waals surface area (Å²) in [4.78, 5) is 7.46. The van der Waals surface area contributed by atoms with Crippen molar-refractivity contribution < 1.29 is 9.13 Å². The molecule has 29 heavy (non-hydrogen) atoms. The maximum Gasteiger partial charge on any atom is 0.191 e. The Kier molecular flexibility index (Phi) is 7.35. The Hall–Kier alpha value is -2.29. The molecule has 1 aromatic heterocycles. The van der Waals surface area contributed by atoms with E-state index >= 15 is 0 Å². The van der Waals surface area contributed by atoms with Crippen molar-refractivity contribution >= 4 is 40.8 Å². The van der Waals surface area contributed by atoms with Gasteiger partial charge in [-0.1, -0.05) is 18.2 Å². The van der Waals surface area contributed by atoms with Gasteiger partial charge in [0.05, 0.1) is 6.61 Å². The van der Waals surface area contributed by atoms with Gasteiger partial charge in [0.2, 0.25) is 0 Å². The number of aromatic amines is 1. The second-order valence-electron chi connectivity index (χ2n) is 7.01. The first-order chi connectivity index (χ1) is 13.7. The van der Waals surface area contributed by atoms with E-state index in [9.17, 15) is 4.39 Å². The van der Waals surface area contributed by atoms with Crippen molar-refractivity contribution in [1.82, 2.24) is 15.6 Å². The van der Waals surface area contributed by atoms with E-state index in [4.69, 9.17) is 4.74 Å². The minimum absolute atomic E-state index is 0. The number of nitrogens with zero attached hydrogens (tertiary/aromatic N) is 1. The molecule has 0 spiro atoms. The van der Waals surface area contributed by atoms with E-state index in [2.05, 4.69) is 32.7 Å². The molecule has 0 radical (unpaired) electrons. The maximum absolute atomic E-state index is 13.3. The van der Waals surface area contributed by atoms with Gasteiger partial charge in [-0.05, 0) is 48.2 Å². The predicted molar refractivity (Wildman–Crippen MR) is 126 cm³/mol. The third-order valence-electron chi connectivity index (χ3n) is 5.24. The molecular formula is C22H26FIN4O. The van der Waals surface area contributed by atoms with Crippen LogP contribution in [0.4, 0.5) is 4.39 Å². The fourth-order valence-electron chi connectivity index (χ4n) is 3.75. The highest BCUT2D eigenvalue weighted by Gasteiger charge is 2.21. The largest absolute Gasteiger partial charge is 0.493 e. The number of halogens is 2. The van der Waals surface area contributed by atoms with E-state index < -0.39 is 0 Å². The van der Waals surface area contributed by atoms with Crippen LogP contribution in [0.15, 0.2) is 53.7 Å². The molecule has 0 amide bonds. The van der Waals surface area contributed by atoms with Crippen molar-refractivity contribution in [1.29, 1.82) is 0 Å².